The Morgan fingerprint density at radius 2 is 2.05 bits per heavy atom. The van der Waals surface area contributed by atoms with E-state index < -0.39 is 0 Å². The minimum atomic E-state index is -0.219. The smallest absolute Gasteiger partial charge is 0.124 e. The molecule has 5 heteroatoms. The van der Waals surface area contributed by atoms with E-state index in [1.54, 1.807) is 13.2 Å². The minimum absolute atomic E-state index is 0.219. The van der Waals surface area contributed by atoms with Gasteiger partial charge in [0.2, 0.25) is 0 Å². The zero-order valence-electron chi connectivity index (χ0n) is 11.3. The van der Waals surface area contributed by atoms with E-state index in [4.69, 9.17) is 9.47 Å². The minimum Gasteiger partial charge on any atom is -0.382 e. The van der Waals surface area contributed by atoms with Crippen molar-refractivity contribution in [3.63, 3.8) is 0 Å². The molecule has 3 nitrogen and oxygen atoms in total. The highest BCUT2D eigenvalue weighted by molar-refractivity contribution is 9.10. The van der Waals surface area contributed by atoms with Crippen LogP contribution in [0.25, 0.3) is 0 Å². The van der Waals surface area contributed by atoms with Gasteiger partial charge < -0.3 is 14.8 Å². The molecule has 0 spiro atoms. The van der Waals surface area contributed by atoms with Gasteiger partial charge in [0.15, 0.2) is 0 Å². The van der Waals surface area contributed by atoms with Crippen molar-refractivity contribution in [1.82, 2.24) is 5.32 Å². The molecule has 0 fully saturated rings. The fourth-order valence-corrected chi connectivity index (χ4v) is 2.08. The van der Waals surface area contributed by atoms with Gasteiger partial charge in [-0.3, -0.25) is 0 Å². The van der Waals surface area contributed by atoms with Gasteiger partial charge in [-0.05, 0) is 37.1 Å². The predicted octanol–water partition coefficient (Wildman–Crippen LogP) is 3.12. The van der Waals surface area contributed by atoms with Gasteiger partial charge in [0.05, 0.1) is 13.2 Å². The van der Waals surface area contributed by atoms with Crippen molar-refractivity contribution >= 4 is 15.9 Å². The predicted molar refractivity (Wildman–Crippen MR) is 77.7 cm³/mol. The molecule has 0 amide bonds. The summed E-state index contributed by atoms with van der Waals surface area (Å²) in [4.78, 5) is 0. The Morgan fingerprint density at radius 1 is 1.21 bits per heavy atom. The van der Waals surface area contributed by atoms with Crippen molar-refractivity contribution in [3.8, 4) is 0 Å². The molecule has 0 unspecified atom stereocenters. The quantitative estimate of drug-likeness (QED) is 0.667. The molecule has 1 N–H and O–H groups in total. The van der Waals surface area contributed by atoms with Crippen LogP contribution in [0.4, 0.5) is 4.39 Å². The number of methoxy groups -OCH3 is 1. The first-order valence-electron chi connectivity index (χ1n) is 6.45. The van der Waals surface area contributed by atoms with Crippen LogP contribution < -0.4 is 5.32 Å². The first-order chi connectivity index (χ1) is 9.24. The topological polar surface area (TPSA) is 30.5 Å². The van der Waals surface area contributed by atoms with Crippen molar-refractivity contribution in [2.24, 2.45) is 0 Å². The fourth-order valence-electron chi connectivity index (χ4n) is 1.59. The Labute approximate surface area is 122 Å². The van der Waals surface area contributed by atoms with Crippen LogP contribution in [-0.4, -0.2) is 33.5 Å². The summed E-state index contributed by atoms with van der Waals surface area (Å²) in [5.41, 5.74) is 1.07. The molecule has 19 heavy (non-hydrogen) atoms. The van der Waals surface area contributed by atoms with Crippen molar-refractivity contribution in [3.05, 3.63) is 34.1 Å². The van der Waals surface area contributed by atoms with Crippen LogP contribution in [0.3, 0.4) is 0 Å². The average Bonchev–Trinajstić information content (AvgIpc) is 2.39. The van der Waals surface area contributed by atoms with E-state index in [1.165, 1.54) is 12.1 Å². The summed E-state index contributed by atoms with van der Waals surface area (Å²) >= 11 is 3.35. The summed E-state index contributed by atoms with van der Waals surface area (Å²) in [5, 5.41) is 3.33. The Hall–Kier alpha value is -0.490. The zero-order valence-corrected chi connectivity index (χ0v) is 12.8. The molecule has 0 aliphatic carbocycles. The Kier molecular flexibility index (Phi) is 8.99. The van der Waals surface area contributed by atoms with Gasteiger partial charge in [0.1, 0.15) is 5.82 Å². The number of benzene rings is 1. The van der Waals surface area contributed by atoms with Gasteiger partial charge in [0, 0.05) is 24.7 Å². The second kappa shape index (κ2) is 10.3. The standard InChI is InChI=1S/C14H21BrFNO2/c1-18-8-9-19-7-3-2-6-17-11-12-4-5-13(16)10-14(12)15/h4-5,10,17H,2-3,6-9,11H2,1H3. The summed E-state index contributed by atoms with van der Waals surface area (Å²) in [6, 6.07) is 4.76. The third kappa shape index (κ3) is 7.62. The maximum atomic E-state index is 12.9. The lowest BCUT2D eigenvalue weighted by molar-refractivity contribution is 0.0688. The number of hydrogen-bond donors (Lipinski definition) is 1. The lowest BCUT2D eigenvalue weighted by atomic mass is 10.2. The number of unbranched alkanes of at least 4 members (excludes halogenated alkanes) is 1. The second-order valence-corrected chi connectivity index (χ2v) is 5.08. The average molecular weight is 334 g/mol. The highest BCUT2D eigenvalue weighted by Gasteiger charge is 2.00. The molecule has 0 aliphatic rings. The lowest BCUT2D eigenvalue weighted by Gasteiger charge is -2.07. The normalized spacial score (nSPS) is 10.9. The maximum absolute atomic E-state index is 12.9. The molecule has 108 valence electrons. The van der Waals surface area contributed by atoms with Crippen LogP contribution >= 0.6 is 15.9 Å². The van der Waals surface area contributed by atoms with Gasteiger partial charge >= 0.3 is 0 Å². The SMILES string of the molecule is COCCOCCCCNCc1ccc(F)cc1Br. The van der Waals surface area contributed by atoms with E-state index >= 15 is 0 Å². The van der Waals surface area contributed by atoms with Gasteiger partial charge in [0.25, 0.3) is 0 Å². The first kappa shape index (κ1) is 16.6. The third-order valence-corrected chi connectivity index (χ3v) is 3.39. The van der Waals surface area contributed by atoms with E-state index in [2.05, 4.69) is 21.2 Å². The highest BCUT2D eigenvalue weighted by atomic mass is 79.9. The number of hydrogen-bond acceptors (Lipinski definition) is 3. The van der Waals surface area contributed by atoms with Gasteiger partial charge in [-0.25, -0.2) is 4.39 Å². The van der Waals surface area contributed by atoms with Crippen LogP contribution in [0.5, 0.6) is 0 Å². The van der Waals surface area contributed by atoms with Crippen LogP contribution in [0.2, 0.25) is 0 Å². The molecule has 0 heterocycles. The van der Waals surface area contributed by atoms with Crippen LogP contribution in [0, 0.1) is 5.82 Å². The zero-order chi connectivity index (χ0) is 13.9. The van der Waals surface area contributed by atoms with Crippen molar-refractivity contribution in [1.29, 1.82) is 0 Å². The molecule has 0 bridgehead atoms. The molecule has 0 saturated carbocycles. The molecule has 1 aromatic rings. The summed E-state index contributed by atoms with van der Waals surface area (Å²) in [7, 11) is 1.67. The van der Waals surface area contributed by atoms with Crippen molar-refractivity contribution in [2.75, 3.05) is 33.5 Å². The third-order valence-electron chi connectivity index (χ3n) is 2.65. The second-order valence-electron chi connectivity index (χ2n) is 4.22. The van der Waals surface area contributed by atoms with Crippen LogP contribution in [0.15, 0.2) is 22.7 Å². The Bertz CT molecular complexity index is 363. The Balaban J connectivity index is 2.01. The van der Waals surface area contributed by atoms with E-state index in [0.29, 0.717) is 13.2 Å². The van der Waals surface area contributed by atoms with E-state index in [-0.39, 0.29) is 5.82 Å². The fraction of sp³-hybridized carbons (Fsp3) is 0.571. The van der Waals surface area contributed by atoms with Crippen LogP contribution in [0.1, 0.15) is 18.4 Å². The molecular formula is C14H21BrFNO2. The molecule has 1 aromatic carbocycles. The van der Waals surface area contributed by atoms with Gasteiger partial charge in [-0.2, -0.15) is 0 Å². The summed E-state index contributed by atoms with van der Waals surface area (Å²) < 4.78 is 24.0. The number of rotatable bonds is 10. The van der Waals surface area contributed by atoms with E-state index in [1.807, 2.05) is 0 Å². The molecule has 0 aromatic heterocycles. The molecule has 0 atom stereocenters. The summed E-state index contributed by atoms with van der Waals surface area (Å²) in [5.74, 6) is -0.219. The molecule has 0 saturated heterocycles. The van der Waals surface area contributed by atoms with Crippen LogP contribution in [-0.2, 0) is 16.0 Å². The number of nitrogens with one attached hydrogen (secondary N) is 1. The van der Waals surface area contributed by atoms with Gasteiger partial charge in [-0.15, -0.1) is 0 Å². The lowest BCUT2D eigenvalue weighted by Crippen LogP contribution is -2.15. The number of halogens is 2. The molecule has 0 radical (unpaired) electrons. The monoisotopic (exact) mass is 333 g/mol. The first-order valence-corrected chi connectivity index (χ1v) is 7.24. The highest BCUT2D eigenvalue weighted by Crippen LogP contribution is 2.17. The molecule has 0 aliphatic heterocycles. The van der Waals surface area contributed by atoms with Crippen molar-refractivity contribution < 1.29 is 13.9 Å². The maximum Gasteiger partial charge on any atom is 0.124 e. The molecular weight excluding hydrogens is 313 g/mol. The van der Waals surface area contributed by atoms with E-state index in [0.717, 1.165) is 42.6 Å². The molecule has 1 rings (SSSR count). The number of ether oxygens (including phenoxy) is 2. The van der Waals surface area contributed by atoms with E-state index in [9.17, 15) is 4.39 Å². The van der Waals surface area contributed by atoms with Gasteiger partial charge in [-0.1, -0.05) is 22.0 Å². The Morgan fingerprint density at radius 3 is 2.79 bits per heavy atom. The largest absolute Gasteiger partial charge is 0.382 e. The van der Waals surface area contributed by atoms with Crippen molar-refractivity contribution in [2.45, 2.75) is 19.4 Å². The summed E-state index contributed by atoms with van der Waals surface area (Å²) in [6.45, 7) is 3.75. The summed E-state index contributed by atoms with van der Waals surface area (Å²) in [6.07, 6.45) is 2.09.